The molecular weight excluding hydrogens is 438 g/mol. The second-order valence-electron chi connectivity index (χ2n) is 8.29. The summed E-state index contributed by atoms with van der Waals surface area (Å²) in [5, 5.41) is 13.3. The van der Waals surface area contributed by atoms with Gasteiger partial charge in [-0.3, -0.25) is 14.5 Å². The molecule has 1 amide bonds. The first-order valence-corrected chi connectivity index (χ1v) is 11.6. The molecule has 0 spiro atoms. The van der Waals surface area contributed by atoms with Crippen molar-refractivity contribution >= 4 is 34.5 Å². The van der Waals surface area contributed by atoms with Crippen molar-refractivity contribution in [3.05, 3.63) is 81.1 Å². The summed E-state index contributed by atoms with van der Waals surface area (Å²) >= 11 is 1.45. The number of ketones is 1. The fourth-order valence-corrected chi connectivity index (χ4v) is 5.52. The van der Waals surface area contributed by atoms with Crippen molar-refractivity contribution in [3.8, 4) is 11.5 Å². The van der Waals surface area contributed by atoms with Gasteiger partial charge in [-0.25, -0.2) is 0 Å². The summed E-state index contributed by atoms with van der Waals surface area (Å²) in [6.07, 6.45) is 0.784. The largest absolute Gasteiger partial charge is 0.507 e. The predicted octanol–water partition coefficient (Wildman–Crippen LogP) is 5.01. The third-order valence-corrected chi connectivity index (χ3v) is 7.17. The van der Waals surface area contributed by atoms with Crippen LogP contribution in [0.1, 0.15) is 34.5 Å². The Morgan fingerprint density at radius 3 is 2.73 bits per heavy atom. The van der Waals surface area contributed by atoms with Crippen molar-refractivity contribution in [1.82, 2.24) is 0 Å². The number of hydrogen-bond acceptors (Lipinski definition) is 6. The number of carbonyl (C=O) groups excluding carboxylic acids is 2. The van der Waals surface area contributed by atoms with Crippen LogP contribution in [-0.4, -0.2) is 30.0 Å². The third kappa shape index (κ3) is 3.49. The molecule has 2 unspecified atom stereocenters. The molecule has 1 N–H and O–H groups in total. The summed E-state index contributed by atoms with van der Waals surface area (Å²) in [4.78, 5) is 28.9. The maximum Gasteiger partial charge on any atom is 0.300 e. The monoisotopic (exact) mass is 461 g/mol. The average molecular weight is 462 g/mol. The molecule has 1 aromatic heterocycles. The van der Waals surface area contributed by atoms with Crippen molar-refractivity contribution in [3.63, 3.8) is 0 Å². The average Bonchev–Trinajstić information content (AvgIpc) is 3.47. The van der Waals surface area contributed by atoms with Crippen molar-refractivity contribution in [1.29, 1.82) is 0 Å². The van der Waals surface area contributed by atoms with Crippen LogP contribution in [0.15, 0.2) is 59.5 Å². The summed E-state index contributed by atoms with van der Waals surface area (Å²) in [6.45, 7) is 3.92. The van der Waals surface area contributed by atoms with E-state index in [2.05, 4.69) is 0 Å². The summed E-state index contributed by atoms with van der Waals surface area (Å²) < 4.78 is 11.1. The van der Waals surface area contributed by atoms with Gasteiger partial charge < -0.3 is 14.6 Å². The van der Waals surface area contributed by atoms with Gasteiger partial charge in [0.25, 0.3) is 11.7 Å². The Bertz CT molecular complexity index is 1310. The zero-order valence-electron chi connectivity index (χ0n) is 18.5. The Kier molecular flexibility index (Phi) is 5.21. The number of methoxy groups -OCH3 is 1. The highest BCUT2D eigenvalue weighted by molar-refractivity contribution is 7.10. The maximum atomic E-state index is 13.3. The van der Waals surface area contributed by atoms with Crippen LogP contribution in [0, 0.1) is 6.92 Å². The van der Waals surface area contributed by atoms with Gasteiger partial charge in [-0.15, -0.1) is 11.3 Å². The molecule has 0 bridgehead atoms. The Morgan fingerprint density at radius 2 is 2.00 bits per heavy atom. The molecule has 0 radical (unpaired) electrons. The molecule has 6 nitrogen and oxygen atoms in total. The van der Waals surface area contributed by atoms with E-state index >= 15 is 0 Å². The smallest absolute Gasteiger partial charge is 0.300 e. The van der Waals surface area contributed by atoms with E-state index in [0.717, 1.165) is 28.2 Å². The number of carbonyl (C=O) groups is 2. The van der Waals surface area contributed by atoms with Crippen molar-refractivity contribution in [2.24, 2.45) is 0 Å². The van der Waals surface area contributed by atoms with Crippen LogP contribution in [0.5, 0.6) is 11.5 Å². The number of nitrogens with zero attached hydrogens (tertiary/aromatic N) is 1. The molecular formula is C26H23NO5S. The highest BCUT2D eigenvalue weighted by atomic mass is 32.1. The number of Topliss-reactive ketones (excluding diaryl/α,β-unsaturated/α-hetero) is 1. The molecule has 5 rings (SSSR count). The highest BCUT2D eigenvalue weighted by Gasteiger charge is 2.48. The predicted molar refractivity (Wildman–Crippen MR) is 127 cm³/mol. The van der Waals surface area contributed by atoms with Gasteiger partial charge in [-0.2, -0.15) is 0 Å². The maximum absolute atomic E-state index is 13.3. The Labute approximate surface area is 195 Å². The second-order valence-corrected chi connectivity index (χ2v) is 9.24. The lowest BCUT2D eigenvalue weighted by molar-refractivity contribution is -0.132. The first-order valence-electron chi connectivity index (χ1n) is 10.7. The van der Waals surface area contributed by atoms with Gasteiger partial charge in [0.05, 0.1) is 12.7 Å². The number of benzene rings is 2. The molecule has 7 heteroatoms. The van der Waals surface area contributed by atoms with E-state index in [-0.39, 0.29) is 17.4 Å². The van der Waals surface area contributed by atoms with E-state index in [1.54, 1.807) is 43.5 Å². The summed E-state index contributed by atoms with van der Waals surface area (Å²) in [6, 6.07) is 13.6. The molecule has 2 aliphatic heterocycles. The lowest BCUT2D eigenvalue weighted by Gasteiger charge is -2.25. The van der Waals surface area contributed by atoms with Crippen LogP contribution in [-0.2, 0) is 16.0 Å². The number of aliphatic hydroxyl groups excluding tert-OH is 1. The Morgan fingerprint density at radius 1 is 1.18 bits per heavy atom. The second kappa shape index (κ2) is 8.08. The molecule has 3 heterocycles. The molecule has 2 aliphatic rings. The lowest BCUT2D eigenvalue weighted by atomic mass is 9.97. The van der Waals surface area contributed by atoms with E-state index in [1.807, 2.05) is 31.4 Å². The van der Waals surface area contributed by atoms with Crippen LogP contribution >= 0.6 is 11.3 Å². The molecule has 2 aromatic carbocycles. The molecule has 2 atom stereocenters. The quantitative estimate of drug-likeness (QED) is 0.336. The van der Waals surface area contributed by atoms with Crippen LogP contribution < -0.4 is 14.4 Å². The number of aliphatic hydroxyl groups is 1. The van der Waals surface area contributed by atoms with Crippen molar-refractivity contribution in [2.75, 3.05) is 12.0 Å². The number of rotatable bonds is 4. The molecule has 0 saturated carbocycles. The van der Waals surface area contributed by atoms with Gasteiger partial charge in [0.2, 0.25) is 0 Å². The highest BCUT2D eigenvalue weighted by Crippen LogP contribution is 2.45. The van der Waals surface area contributed by atoms with Gasteiger partial charge in [0.1, 0.15) is 29.4 Å². The summed E-state index contributed by atoms with van der Waals surface area (Å²) in [7, 11) is 1.55. The molecule has 168 valence electrons. The number of ether oxygens (including phenoxy) is 2. The Hall–Kier alpha value is -3.58. The van der Waals surface area contributed by atoms with Gasteiger partial charge in [-0.05, 0) is 66.8 Å². The number of fused-ring (bicyclic) bond motifs is 1. The number of amides is 1. The number of thiophene rings is 1. The van der Waals surface area contributed by atoms with Gasteiger partial charge in [0, 0.05) is 28.6 Å². The molecule has 3 aromatic rings. The standard InChI is InChI=1S/C26H23NO5S/c1-14-9-10-33-25(14)22-21(23(28)16-7-8-20-17(12-16)11-15(2)32-20)24(29)26(30)27(22)18-5-4-6-19(13-18)31-3/h4-10,12-13,15,22,28H,11H2,1-3H3/b23-21-. The Balaban J connectivity index is 1.69. The third-order valence-electron chi connectivity index (χ3n) is 6.10. The SMILES string of the molecule is COc1cccc(N2C(=O)C(=O)/C(=C(\O)c3ccc4c(c3)CC(C)O4)C2c2sccc2C)c1. The molecule has 1 fully saturated rings. The minimum atomic E-state index is -0.736. The zero-order valence-corrected chi connectivity index (χ0v) is 19.3. The van der Waals surface area contributed by atoms with Crippen LogP contribution in [0.3, 0.4) is 0 Å². The molecule has 1 saturated heterocycles. The van der Waals surface area contributed by atoms with Crippen molar-refractivity contribution in [2.45, 2.75) is 32.4 Å². The molecule has 33 heavy (non-hydrogen) atoms. The normalized spacial score (nSPS) is 21.2. The van der Waals surface area contributed by atoms with Gasteiger partial charge in [-0.1, -0.05) is 6.07 Å². The van der Waals surface area contributed by atoms with Crippen LogP contribution in [0.25, 0.3) is 5.76 Å². The zero-order chi connectivity index (χ0) is 23.3. The first kappa shape index (κ1) is 21.3. The minimum absolute atomic E-state index is 0.0600. The van der Waals surface area contributed by atoms with Crippen molar-refractivity contribution < 1.29 is 24.2 Å². The van der Waals surface area contributed by atoms with E-state index in [4.69, 9.17) is 9.47 Å². The van der Waals surface area contributed by atoms with E-state index in [0.29, 0.717) is 17.0 Å². The topological polar surface area (TPSA) is 76.1 Å². The number of aryl methyl sites for hydroxylation is 1. The van der Waals surface area contributed by atoms with Crippen LogP contribution in [0.2, 0.25) is 0 Å². The summed E-state index contributed by atoms with van der Waals surface area (Å²) in [5.74, 6) is -0.219. The number of hydrogen-bond donors (Lipinski definition) is 1. The van der Waals surface area contributed by atoms with Gasteiger partial charge in [0.15, 0.2) is 0 Å². The fourth-order valence-electron chi connectivity index (χ4n) is 4.50. The minimum Gasteiger partial charge on any atom is -0.507 e. The lowest BCUT2D eigenvalue weighted by Crippen LogP contribution is -2.29. The fraction of sp³-hybridized carbons (Fsp3) is 0.231. The van der Waals surface area contributed by atoms with Crippen LogP contribution in [0.4, 0.5) is 5.69 Å². The van der Waals surface area contributed by atoms with E-state index < -0.39 is 17.7 Å². The van der Waals surface area contributed by atoms with E-state index in [1.165, 1.54) is 16.2 Å². The molecule has 0 aliphatic carbocycles. The van der Waals surface area contributed by atoms with Gasteiger partial charge >= 0.3 is 0 Å². The first-order chi connectivity index (χ1) is 15.9. The van der Waals surface area contributed by atoms with E-state index in [9.17, 15) is 14.7 Å². The number of anilines is 1. The summed E-state index contributed by atoms with van der Waals surface area (Å²) in [5.41, 5.74) is 3.03.